The summed E-state index contributed by atoms with van der Waals surface area (Å²) >= 11 is 0. The highest BCUT2D eigenvalue weighted by Crippen LogP contribution is 2.26. The van der Waals surface area contributed by atoms with Crippen molar-refractivity contribution in [2.45, 2.75) is 39.3 Å². The van der Waals surface area contributed by atoms with Gasteiger partial charge >= 0.3 is 17.9 Å². The largest absolute Gasteiger partial charge is 0.423 e. The third kappa shape index (κ3) is 14.8. The Morgan fingerprint density at radius 1 is 0.316 bits per heavy atom. The second kappa shape index (κ2) is 20.5. The molecule has 0 heterocycles. The van der Waals surface area contributed by atoms with Crippen LogP contribution in [0.5, 0.6) is 17.2 Å². The van der Waals surface area contributed by atoms with E-state index in [4.69, 9.17) is 14.2 Å². The summed E-state index contributed by atoms with van der Waals surface area (Å²) < 4.78 is 17.9. The van der Waals surface area contributed by atoms with Crippen LogP contribution >= 0.6 is 0 Å². The van der Waals surface area contributed by atoms with Gasteiger partial charge in [0.2, 0.25) is 0 Å². The molecule has 57 heavy (non-hydrogen) atoms. The summed E-state index contributed by atoms with van der Waals surface area (Å²) in [5.41, 5.74) is 5.81. The van der Waals surface area contributed by atoms with Crippen LogP contribution in [0.3, 0.4) is 0 Å². The molecule has 0 amide bonds. The Bertz CT molecular complexity index is 1700. The second-order valence-corrected chi connectivity index (χ2v) is 16.3. The lowest BCUT2D eigenvalue weighted by Crippen LogP contribution is -2.18. The van der Waals surface area contributed by atoms with Gasteiger partial charge in [-0.15, -0.1) is 0 Å². The lowest BCUT2D eigenvalue weighted by Gasteiger charge is -2.17. The van der Waals surface area contributed by atoms with Gasteiger partial charge in [0, 0.05) is 39.3 Å². The molecule has 0 aromatic heterocycles. The molecule has 0 saturated carbocycles. The van der Waals surface area contributed by atoms with Gasteiger partial charge in [0.1, 0.15) is 17.2 Å². The number of nitrogens with zero attached hydrogens (tertiary/aromatic N) is 6. The minimum Gasteiger partial charge on any atom is -0.423 e. The van der Waals surface area contributed by atoms with Crippen molar-refractivity contribution in [1.82, 2.24) is 29.4 Å². The van der Waals surface area contributed by atoms with Crippen LogP contribution < -0.4 is 14.2 Å². The fourth-order valence-electron chi connectivity index (χ4n) is 6.58. The molecule has 4 rings (SSSR count). The van der Waals surface area contributed by atoms with E-state index in [1.54, 1.807) is 0 Å². The average Bonchev–Trinajstić information content (AvgIpc) is 3.05. The predicted molar refractivity (Wildman–Crippen MR) is 225 cm³/mol. The van der Waals surface area contributed by atoms with Crippen molar-refractivity contribution in [3.63, 3.8) is 0 Å². The van der Waals surface area contributed by atoms with E-state index in [2.05, 4.69) is 18.2 Å². The van der Waals surface area contributed by atoms with Gasteiger partial charge in [-0.3, -0.25) is 0 Å². The van der Waals surface area contributed by atoms with Crippen molar-refractivity contribution in [3.8, 4) is 17.2 Å². The molecule has 306 valence electrons. The summed E-state index contributed by atoms with van der Waals surface area (Å²) in [5.74, 6) is -1.15. The fourth-order valence-corrected chi connectivity index (χ4v) is 6.58. The van der Waals surface area contributed by atoms with E-state index < -0.39 is 17.9 Å². The Morgan fingerprint density at radius 3 is 0.649 bits per heavy atom. The van der Waals surface area contributed by atoms with Crippen molar-refractivity contribution in [2.75, 3.05) is 84.6 Å². The number of hydrogen-bond acceptors (Lipinski definition) is 12. The number of esters is 3. The molecular formula is C45H60N6O6. The van der Waals surface area contributed by atoms with Gasteiger partial charge < -0.3 is 43.6 Å². The number of rotatable bonds is 18. The van der Waals surface area contributed by atoms with Crippen LogP contribution in [0.2, 0.25) is 0 Å². The summed E-state index contributed by atoms with van der Waals surface area (Å²) in [6, 6.07) is 21.3. The highest BCUT2D eigenvalue weighted by Gasteiger charge is 2.22. The number of benzene rings is 4. The minimum atomic E-state index is -0.737. The first kappa shape index (κ1) is 44.8. The second-order valence-electron chi connectivity index (χ2n) is 16.3. The van der Waals surface area contributed by atoms with Crippen molar-refractivity contribution >= 4 is 17.9 Å². The monoisotopic (exact) mass is 780 g/mol. The first-order chi connectivity index (χ1) is 26.8. The molecular weight excluding hydrogens is 721 g/mol. The van der Waals surface area contributed by atoms with E-state index in [9.17, 15) is 14.4 Å². The molecule has 0 radical (unpaired) electrons. The predicted octanol–water partition coefficient (Wildman–Crippen LogP) is 5.71. The van der Waals surface area contributed by atoms with Crippen LogP contribution in [0.15, 0.2) is 72.8 Å². The van der Waals surface area contributed by atoms with E-state index in [0.29, 0.717) is 56.5 Å². The molecule has 0 spiro atoms. The van der Waals surface area contributed by atoms with Crippen LogP contribution in [0.4, 0.5) is 0 Å². The lowest BCUT2D eigenvalue weighted by molar-refractivity contribution is 0.0734. The maximum atomic E-state index is 14.0. The number of ether oxygens (including phenoxy) is 3. The Kier molecular flexibility index (Phi) is 16.1. The molecule has 0 N–H and O–H groups in total. The van der Waals surface area contributed by atoms with Crippen LogP contribution in [0.25, 0.3) is 0 Å². The zero-order valence-corrected chi connectivity index (χ0v) is 35.8. The molecule has 0 aliphatic rings. The highest BCUT2D eigenvalue weighted by molar-refractivity contribution is 6.02. The first-order valence-corrected chi connectivity index (χ1v) is 18.9. The Balaban J connectivity index is 1.76. The van der Waals surface area contributed by atoms with Gasteiger partial charge in [-0.1, -0.05) is 18.2 Å². The van der Waals surface area contributed by atoms with Gasteiger partial charge in [-0.2, -0.15) is 0 Å². The van der Waals surface area contributed by atoms with Crippen molar-refractivity contribution in [1.29, 1.82) is 0 Å². The molecule has 0 aliphatic carbocycles. The standard InChI is InChI=1S/C45H60N6O6/c1-46(2)25-31-13-32(26-47(3)4)17-40(16-31)55-43(52)37-22-38(44(53)56-41-18-33(27-48(5)6)14-34(19-41)28-49(7)8)24-39(23-37)45(54)57-42-20-35(29-50(9)10)15-36(21-42)30-51(11)12/h13-24H,25-30H2,1-12H3. The topological polar surface area (TPSA) is 98.3 Å². The third-order valence-electron chi connectivity index (χ3n) is 8.34. The maximum absolute atomic E-state index is 14.0. The average molecular weight is 781 g/mol. The molecule has 0 unspecified atom stereocenters. The minimum absolute atomic E-state index is 0.00659. The van der Waals surface area contributed by atoms with E-state index in [0.717, 1.165) is 33.4 Å². The van der Waals surface area contributed by atoms with E-state index in [-0.39, 0.29) is 16.7 Å². The molecule has 0 saturated heterocycles. The fraction of sp³-hybridized carbons (Fsp3) is 0.400. The van der Waals surface area contributed by atoms with Gasteiger partial charge in [0.15, 0.2) is 0 Å². The van der Waals surface area contributed by atoms with Gasteiger partial charge in [0.25, 0.3) is 0 Å². The first-order valence-electron chi connectivity index (χ1n) is 18.9. The molecule has 0 aliphatic heterocycles. The van der Waals surface area contributed by atoms with Gasteiger partial charge in [-0.25, -0.2) is 14.4 Å². The molecule has 0 bridgehead atoms. The molecule has 4 aromatic carbocycles. The Morgan fingerprint density at radius 2 is 0.491 bits per heavy atom. The third-order valence-corrected chi connectivity index (χ3v) is 8.34. The molecule has 0 atom stereocenters. The smallest absolute Gasteiger partial charge is 0.343 e. The summed E-state index contributed by atoms with van der Waals surface area (Å²) in [5, 5.41) is 0. The lowest BCUT2D eigenvalue weighted by atomic mass is 10.0. The zero-order chi connectivity index (χ0) is 42.0. The zero-order valence-electron chi connectivity index (χ0n) is 35.8. The van der Waals surface area contributed by atoms with Crippen LogP contribution in [-0.2, 0) is 39.3 Å². The maximum Gasteiger partial charge on any atom is 0.343 e. The van der Waals surface area contributed by atoms with Crippen molar-refractivity contribution < 1.29 is 28.6 Å². The molecule has 0 fully saturated rings. The number of hydrogen-bond donors (Lipinski definition) is 0. The normalized spacial score (nSPS) is 11.7. The van der Waals surface area contributed by atoms with Crippen molar-refractivity contribution in [3.05, 3.63) is 123 Å². The van der Waals surface area contributed by atoms with Crippen LogP contribution in [0, 0.1) is 0 Å². The Hall–Kier alpha value is -4.95. The Labute approximate surface area is 339 Å². The van der Waals surface area contributed by atoms with Crippen molar-refractivity contribution in [2.24, 2.45) is 0 Å². The molecule has 12 nitrogen and oxygen atoms in total. The number of carbonyl (C=O) groups is 3. The summed E-state index contributed by atoms with van der Waals surface area (Å²) in [4.78, 5) is 54.1. The SMILES string of the molecule is CN(C)Cc1cc(CN(C)C)cc(OC(=O)c2cc(C(=O)Oc3cc(CN(C)C)cc(CN(C)C)c3)cc(C(=O)Oc3cc(CN(C)C)cc(CN(C)C)c3)c2)c1. The van der Waals surface area contributed by atoms with Gasteiger partial charge in [-0.05, 0) is 173 Å². The summed E-state index contributed by atoms with van der Waals surface area (Å²) in [6.07, 6.45) is 0. The van der Waals surface area contributed by atoms with E-state index in [1.165, 1.54) is 18.2 Å². The quantitative estimate of drug-likeness (QED) is 0.0914. The van der Waals surface area contributed by atoms with E-state index >= 15 is 0 Å². The van der Waals surface area contributed by atoms with Crippen LogP contribution in [-0.4, -0.2) is 132 Å². The van der Waals surface area contributed by atoms with Crippen LogP contribution in [0.1, 0.15) is 64.5 Å². The highest BCUT2D eigenvalue weighted by atomic mass is 16.5. The molecule has 12 heteroatoms. The summed E-state index contributed by atoms with van der Waals surface area (Å²) in [7, 11) is 23.7. The van der Waals surface area contributed by atoms with Gasteiger partial charge in [0.05, 0.1) is 16.7 Å². The summed E-state index contributed by atoms with van der Waals surface area (Å²) in [6.45, 7) is 3.84. The molecule has 4 aromatic rings. The number of carbonyl (C=O) groups excluding carboxylic acids is 3. The van der Waals surface area contributed by atoms with E-state index in [1.807, 2.05) is 150 Å².